The maximum atomic E-state index is 6.25. The topological polar surface area (TPSA) is 49.2 Å². The summed E-state index contributed by atoms with van der Waals surface area (Å²) in [6.45, 7) is 23.3. The summed E-state index contributed by atoms with van der Waals surface area (Å²) >= 11 is 0. The summed E-state index contributed by atoms with van der Waals surface area (Å²) in [5.74, 6) is 1.54. The van der Waals surface area contributed by atoms with Crippen LogP contribution in [0.5, 0.6) is 5.75 Å². The summed E-state index contributed by atoms with van der Waals surface area (Å²) < 4.78 is 14.2. The van der Waals surface area contributed by atoms with E-state index < -0.39 is 8.32 Å². The standard InChI is InChI=1S/C28H41N3O2Si/c1-20-11-12-21(2)26(27(3,4)5)24(20)17-32-23-15-13-22(14-16-23)31-19-29-25(30-31)18-33-34(9,10)28(6,7)8/h11-16,19H,17-18H2,1-10H3. The van der Waals surface area contributed by atoms with Gasteiger partial charge in [-0.05, 0) is 83.9 Å². The van der Waals surface area contributed by atoms with Crippen LogP contribution in [0.15, 0.2) is 42.7 Å². The maximum absolute atomic E-state index is 6.25. The number of hydrogen-bond donors (Lipinski definition) is 0. The van der Waals surface area contributed by atoms with Crippen LogP contribution in [0.25, 0.3) is 5.69 Å². The minimum atomic E-state index is -1.83. The third kappa shape index (κ3) is 5.97. The van der Waals surface area contributed by atoms with Crippen molar-refractivity contribution in [2.45, 2.75) is 92.2 Å². The number of aromatic nitrogens is 3. The lowest BCUT2D eigenvalue weighted by Crippen LogP contribution is -2.40. The second kappa shape index (κ2) is 9.66. The molecular formula is C28H41N3O2Si. The van der Waals surface area contributed by atoms with Crippen LogP contribution in [0.2, 0.25) is 18.1 Å². The Labute approximate surface area is 206 Å². The molecule has 0 aliphatic heterocycles. The first kappa shape index (κ1) is 26.2. The van der Waals surface area contributed by atoms with Crippen LogP contribution in [-0.4, -0.2) is 23.1 Å². The molecular weight excluding hydrogens is 438 g/mol. The van der Waals surface area contributed by atoms with Crippen molar-refractivity contribution in [1.29, 1.82) is 0 Å². The highest BCUT2D eigenvalue weighted by atomic mass is 28.4. The molecule has 0 amide bonds. The third-order valence-corrected chi connectivity index (χ3v) is 11.4. The Morgan fingerprint density at radius 3 is 2.06 bits per heavy atom. The Kier molecular flexibility index (Phi) is 7.44. The van der Waals surface area contributed by atoms with Crippen LogP contribution in [-0.2, 0) is 23.1 Å². The van der Waals surface area contributed by atoms with E-state index in [0.29, 0.717) is 19.0 Å². The van der Waals surface area contributed by atoms with Gasteiger partial charge in [0.05, 0.1) is 12.3 Å². The van der Waals surface area contributed by atoms with Gasteiger partial charge < -0.3 is 9.16 Å². The average Bonchev–Trinajstić information content (AvgIpc) is 3.20. The molecule has 0 atom stereocenters. The number of aryl methyl sites for hydroxylation is 2. The van der Waals surface area contributed by atoms with E-state index in [1.54, 1.807) is 11.0 Å². The van der Waals surface area contributed by atoms with Gasteiger partial charge in [-0.3, -0.25) is 0 Å². The van der Waals surface area contributed by atoms with Crippen LogP contribution >= 0.6 is 0 Å². The smallest absolute Gasteiger partial charge is 0.192 e. The Morgan fingerprint density at radius 2 is 1.47 bits per heavy atom. The molecule has 0 N–H and O–H groups in total. The van der Waals surface area contributed by atoms with Gasteiger partial charge in [0.15, 0.2) is 14.1 Å². The van der Waals surface area contributed by atoms with Gasteiger partial charge in [0, 0.05) is 0 Å². The summed E-state index contributed by atoms with van der Waals surface area (Å²) in [6.07, 6.45) is 1.74. The quantitative estimate of drug-likeness (QED) is 0.334. The highest BCUT2D eigenvalue weighted by Crippen LogP contribution is 2.37. The molecule has 0 aliphatic carbocycles. The summed E-state index contributed by atoms with van der Waals surface area (Å²) in [5.41, 5.74) is 6.24. The van der Waals surface area contributed by atoms with Crippen LogP contribution in [0.4, 0.5) is 0 Å². The minimum Gasteiger partial charge on any atom is -0.489 e. The van der Waals surface area contributed by atoms with Crippen LogP contribution in [0, 0.1) is 13.8 Å². The zero-order valence-electron chi connectivity index (χ0n) is 22.6. The van der Waals surface area contributed by atoms with Crippen molar-refractivity contribution >= 4 is 8.32 Å². The van der Waals surface area contributed by atoms with E-state index in [1.165, 1.54) is 22.3 Å². The van der Waals surface area contributed by atoms with Gasteiger partial charge in [0.1, 0.15) is 18.7 Å². The summed E-state index contributed by atoms with van der Waals surface area (Å²) in [5, 5.41) is 4.77. The van der Waals surface area contributed by atoms with Crippen molar-refractivity contribution in [3.05, 3.63) is 70.8 Å². The molecule has 3 rings (SSSR count). The Balaban J connectivity index is 1.68. The van der Waals surface area contributed by atoms with E-state index in [9.17, 15) is 0 Å². The van der Waals surface area contributed by atoms with Crippen LogP contribution in [0.1, 0.15) is 69.6 Å². The van der Waals surface area contributed by atoms with Gasteiger partial charge in [-0.2, -0.15) is 0 Å². The number of benzene rings is 2. The largest absolute Gasteiger partial charge is 0.489 e. The molecule has 3 aromatic rings. The Morgan fingerprint density at radius 1 is 0.853 bits per heavy atom. The normalized spacial score (nSPS) is 12.8. The van der Waals surface area contributed by atoms with Gasteiger partial charge in [-0.25, -0.2) is 9.67 Å². The summed E-state index contributed by atoms with van der Waals surface area (Å²) in [7, 11) is -1.83. The Hall–Kier alpha value is -2.44. The first-order chi connectivity index (χ1) is 15.7. The second-order valence-corrected chi connectivity index (χ2v) is 16.5. The SMILES string of the molecule is Cc1ccc(C)c(C(C)(C)C)c1COc1ccc(-n2cnc(CO[Si](C)(C)C(C)(C)C)n2)cc1. The predicted molar refractivity (Wildman–Crippen MR) is 142 cm³/mol. The molecule has 184 valence electrons. The molecule has 1 aromatic heterocycles. The fourth-order valence-electron chi connectivity index (χ4n) is 3.90. The van der Waals surface area contributed by atoms with Gasteiger partial charge >= 0.3 is 0 Å². The van der Waals surface area contributed by atoms with Gasteiger partial charge in [-0.15, -0.1) is 5.10 Å². The molecule has 0 spiro atoms. The van der Waals surface area contributed by atoms with E-state index in [1.807, 2.05) is 24.3 Å². The van der Waals surface area contributed by atoms with Crippen molar-refractivity contribution in [1.82, 2.24) is 14.8 Å². The molecule has 5 nitrogen and oxygen atoms in total. The van der Waals surface area contributed by atoms with Gasteiger partial charge in [-0.1, -0.05) is 53.7 Å². The van der Waals surface area contributed by atoms with E-state index in [2.05, 4.69) is 90.7 Å². The molecule has 0 unspecified atom stereocenters. The number of rotatable bonds is 7. The lowest BCUT2D eigenvalue weighted by Gasteiger charge is -2.35. The molecule has 6 heteroatoms. The fourth-order valence-corrected chi connectivity index (χ4v) is 4.82. The van der Waals surface area contributed by atoms with Crippen molar-refractivity contribution < 1.29 is 9.16 Å². The van der Waals surface area contributed by atoms with Crippen molar-refractivity contribution in [3.8, 4) is 11.4 Å². The molecule has 0 saturated heterocycles. The molecule has 0 aliphatic rings. The monoisotopic (exact) mass is 479 g/mol. The van der Waals surface area contributed by atoms with Crippen molar-refractivity contribution in [2.75, 3.05) is 0 Å². The lowest BCUT2D eigenvalue weighted by molar-refractivity contribution is 0.267. The predicted octanol–water partition coefficient (Wildman–Crippen LogP) is 7.28. The number of hydrogen-bond acceptors (Lipinski definition) is 4. The molecule has 0 fully saturated rings. The zero-order chi connectivity index (χ0) is 25.3. The molecule has 0 saturated carbocycles. The summed E-state index contributed by atoms with van der Waals surface area (Å²) in [4.78, 5) is 4.44. The van der Waals surface area contributed by atoms with Gasteiger partial charge in [0.25, 0.3) is 0 Å². The third-order valence-electron chi connectivity index (χ3n) is 6.90. The minimum absolute atomic E-state index is 0.0672. The highest BCUT2D eigenvalue weighted by Gasteiger charge is 2.37. The maximum Gasteiger partial charge on any atom is 0.192 e. The zero-order valence-corrected chi connectivity index (χ0v) is 23.6. The van der Waals surface area contributed by atoms with E-state index in [4.69, 9.17) is 9.16 Å². The average molecular weight is 480 g/mol. The van der Waals surface area contributed by atoms with E-state index in [0.717, 1.165) is 11.4 Å². The number of ether oxygens (including phenoxy) is 1. The molecule has 1 heterocycles. The molecule has 2 aromatic carbocycles. The second-order valence-electron chi connectivity index (χ2n) is 11.7. The fraction of sp³-hybridized carbons (Fsp3) is 0.500. The number of nitrogens with zero attached hydrogens (tertiary/aromatic N) is 3. The van der Waals surface area contributed by atoms with Crippen LogP contribution in [0.3, 0.4) is 0 Å². The van der Waals surface area contributed by atoms with Crippen molar-refractivity contribution in [3.63, 3.8) is 0 Å². The molecule has 0 radical (unpaired) electrons. The summed E-state index contributed by atoms with van der Waals surface area (Å²) in [6, 6.07) is 12.4. The lowest BCUT2D eigenvalue weighted by atomic mass is 9.79. The first-order valence-corrected chi connectivity index (χ1v) is 15.0. The first-order valence-electron chi connectivity index (χ1n) is 12.1. The van der Waals surface area contributed by atoms with Crippen molar-refractivity contribution in [2.24, 2.45) is 0 Å². The van der Waals surface area contributed by atoms with Crippen LogP contribution < -0.4 is 4.74 Å². The molecule has 34 heavy (non-hydrogen) atoms. The molecule has 0 bridgehead atoms. The van der Waals surface area contributed by atoms with E-state index >= 15 is 0 Å². The highest BCUT2D eigenvalue weighted by molar-refractivity contribution is 6.74. The van der Waals surface area contributed by atoms with Gasteiger partial charge in [0.2, 0.25) is 0 Å². The Bertz CT molecular complexity index is 1120. The van der Waals surface area contributed by atoms with E-state index in [-0.39, 0.29) is 10.5 Å².